The summed E-state index contributed by atoms with van der Waals surface area (Å²) in [5.74, 6) is 10.9. The summed E-state index contributed by atoms with van der Waals surface area (Å²) >= 11 is 0. The van der Waals surface area contributed by atoms with Crippen LogP contribution < -0.4 is 0 Å². The Balaban J connectivity index is 3.63. The van der Waals surface area contributed by atoms with Crippen LogP contribution in [-0.4, -0.2) is 13.1 Å². The first-order chi connectivity index (χ1) is 9.31. The van der Waals surface area contributed by atoms with Crippen LogP contribution >= 0.6 is 0 Å². The second-order valence-corrected chi connectivity index (χ2v) is 3.65. The first-order valence-electron chi connectivity index (χ1n) is 6.32. The molecule has 0 atom stereocenters. The lowest BCUT2D eigenvalue weighted by Gasteiger charge is -1.96. The van der Waals surface area contributed by atoms with Crippen LogP contribution in [0.4, 0.5) is 0 Å². The van der Waals surface area contributed by atoms with Gasteiger partial charge < -0.3 is 4.74 Å². The number of methoxy groups -OCH3 is 1. The number of rotatable bonds is 6. The topological polar surface area (TPSA) is 26.3 Å². The summed E-state index contributed by atoms with van der Waals surface area (Å²) in [7, 11) is 1.41. The molecule has 19 heavy (non-hydrogen) atoms. The first kappa shape index (κ1) is 16.8. The Kier molecular flexibility index (Phi) is 12.3. The summed E-state index contributed by atoms with van der Waals surface area (Å²) in [6, 6.07) is 0. The van der Waals surface area contributed by atoms with E-state index in [2.05, 4.69) is 34.5 Å². The summed E-state index contributed by atoms with van der Waals surface area (Å²) < 4.78 is 4.56. The molecule has 0 fully saturated rings. The average Bonchev–Trinajstić information content (AvgIpc) is 2.43. The van der Waals surface area contributed by atoms with E-state index in [0.717, 1.165) is 19.3 Å². The Hall–Kier alpha value is -2.19. The predicted octanol–water partition coefficient (Wildman–Crippen LogP) is 3.42. The Morgan fingerprint density at radius 3 is 2.53 bits per heavy atom. The maximum absolute atomic E-state index is 10.8. The van der Waals surface area contributed by atoms with E-state index in [4.69, 9.17) is 0 Å². The molecular formula is C17H20O2. The average molecular weight is 256 g/mol. The summed E-state index contributed by atoms with van der Waals surface area (Å²) in [6.45, 7) is 1.91. The fraction of sp³-hybridized carbons (Fsp3) is 0.353. The van der Waals surface area contributed by atoms with Gasteiger partial charge in [0.05, 0.1) is 7.11 Å². The smallest absolute Gasteiger partial charge is 0.305 e. The van der Waals surface area contributed by atoms with Crippen molar-refractivity contribution in [2.24, 2.45) is 0 Å². The Bertz CT molecular complexity index is 445. The molecule has 0 rings (SSSR count). The maximum atomic E-state index is 10.8. The molecule has 0 aromatic carbocycles. The molecule has 0 heterocycles. The van der Waals surface area contributed by atoms with Crippen molar-refractivity contribution < 1.29 is 9.53 Å². The Morgan fingerprint density at radius 2 is 1.84 bits per heavy atom. The highest BCUT2D eigenvalue weighted by Crippen LogP contribution is 2.01. The summed E-state index contributed by atoms with van der Waals surface area (Å²) in [5, 5.41) is 0. The van der Waals surface area contributed by atoms with Gasteiger partial charge in [-0.2, -0.15) is 0 Å². The zero-order valence-electron chi connectivity index (χ0n) is 11.6. The predicted molar refractivity (Wildman–Crippen MR) is 79.1 cm³/mol. The molecule has 0 aliphatic rings. The van der Waals surface area contributed by atoms with Crippen molar-refractivity contribution in [2.45, 2.75) is 32.6 Å². The van der Waals surface area contributed by atoms with E-state index in [-0.39, 0.29) is 5.97 Å². The molecule has 100 valence electrons. The number of carbonyl (C=O) groups excluding carboxylic acids is 1. The first-order valence-corrected chi connectivity index (χ1v) is 6.32. The van der Waals surface area contributed by atoms with Crippen LogP contribution in [0, 0.1) is 23.7 Å². The van der Waals surface area contributed by atoms with E-state index in [1.54, 1.807) is 12.2 Å². The molecule has 0 bridgehead atoms. The van der Waals surface area contributed by atoms with Crippen LogP contribution in [0.3, 0.4) is 0 Å². The fourth-order valence-electron chi connectivity index (χ4n) is 1.15. The van der Waals surface area contributed by atoms with Gasteiger partial charge in [0.15, 0.2) is 0 Å². The minimum absolute atomic E-state index is 0.141. The molecule has 0 saturated heterocycles. The van der Waals surface area contributed by atoms with E-state index in [0.29, 0.717) is 6.42 Å². The molecule has 2 nitrogen and oxygen atoms in total. The van der Waals surface area contributed by atoms with Gasteiger partial charge in [-0.15, -0.1) is 0 Å². The second-order valence-electron chi connectivity index (χ2n) is 3.65. The molecule has 2 heteroatoms. The van der Waals surface area contributed by atoms with Crippen molar-refractivity contribution >= 4 is 5.97 Å². The maximum Gasteiger partial charge on any atom is 0.305 e. The molecule has 0 aromatic rings. The third-order valence-corrected chi connectivity index (χ3v) is 2.11. The van der Waals surface area contributed by atoms with Gasteiger partial charge in [0, 0.05) is 6.42 Å². The molecule has 0 amide bonds. The number of unbranched alkanes of at least 4 members (excludes halogenated alkanes) is 2. The summed E-state index contributed by atoms with van der Waals surface area (Å²) in [5.41, 5.74) is 0. The van der Waals surface area contributed by atoms with Gasteiger partial charge in [0.25, 0.3) is 0 Å². The van der Waals surface area contributed by atoms with Gasteiger partial charge in [0.1, 0.15) is 0 Å². The molecule has 0 N–H and O–H groups in total. The van der Waals surface area contributed by atoms with Crippen LogP contribution in [0.15, 0.2) is 36.5 Å². The normalized spacial score (nSPS) is 10.2. The molecule has 0 spiro atoms. The summed E-state index contributed by atoms with van der Waals surface area (Å²) in [4.78, 5) is 10.8. The number of ether oxygens (including phenoxy) is 1. The number of hydrogen-bond acceptors (Lipinski definition) is 2. The van der Waals surface area contributed by atoms with Crippen molar-refractivity contribution in [1.29, 1.82) is 0 Å². The monoisotopic (exact) mass is 256 g/mol. The van der Waals surface area contributed by atoms with Gasteiger partial charge >= 0.3 is 5.97 Å². The molecule has 0 unspecified atom stereocenters. The van der Waals surface area contributed by atoms with Gasteiger partial charge in [-0.3, -0.25) is 4.79 Å². The Morgan fingerprint density at radius 1 is 1.11 bits per heavy atom. The highest BCUT2D eigenvalue weighted by atomic mass is 16.5. The largest absolute Gasteiger partial charge is 0.469 e. The lowest BCUT2D eigenvalue weighted by atomic mass is 10.2. The number of hydrogen-bond donors (Lipinski definition) is 0. The molecule has 0 saturated carbocycles. The minimum Gasteiger partial charge on any atom is -0.469 e. The summed E-state index contributed by atoms with van der Waals surface area (Å²) in [6.07, 6.45) is 14.6. The standard InChI is InChI=1S/C17H20O2/c1-3-4-5-6-7-8-9-10-11-12-13-14-15-16-17(18)19-2/h3-4,9-12H,13-16H2,1-2H3. The third kappa shape index (κ3) is 13.7. The van der Waals surface area contributed by atoms with Crippen LogP contribution in [-0.2, 0) is 9.53 Å². The van der Waals surface area contributed by atoms with E-state index in [1.807, 2.05) is 25.2 Å². The highest BCUT2D eigenvalue weighted by Gasteiger charge is 1.97. The van der Waals surface area contributed by atoms with Crippen molar-refractivity contribution in [3.05, 3.63) is 36.5 Å². The fourth-order valence-corrected chi connectivity index (χ4v) is 1.15. The number of allylic oxidation sites excluding steroid dienone is 6. The van der Waals surface area contributed by atoms with Crippen molar-refractivity contribution in [3.8, 4) is 23.7 Å². The van der Waals surface area contributed by atoms with Gasteiger partial charge in [0.2, 0.25) is 0 Å². The SMILES string of the molecule is CC=CC#CC#CC=CC=CCCCCC(=O)OC. The molecule has 0 aliphatic carbocycles. The molecule has 0 aliphatic heterocycles. The third-order valence-electron chi connectivity index (χ3n) is 2.11. The molecule has 0 radical (unpaired) electrons. The van der Waals surface area contributed by atoms with E-state index in [1.165, 1.54) is 7.11 Å². The van der Waals surface area contributed by atoms with E-state index >= 15 is 0 Å². The van der Waals surface area contributed by atoms with Crippen LogP contribution in [0.1, 0.15) is 32.6 Å². The van der Waals surface area contributed by atoms with E-state index in [9.17, 15) is 4.79 Å². The van der Waals surface area contributed by atoms with Crippen LogP contribution in [0.25, 0.3) is 0 Å². The molecular weight excluding hydrogens is 236 g/mol. The van der Waals surface area contributed by atoms with Gasteiger partial charge in [-0.25, -0.2) is 0 Å². The van der Waals surface area contributed by atoms with Crippen LogP contribution in [0.5, 0.6) is 0 Å². The minimum atomic E-state index is -0.141. The number of carbonyl (C=O) groups is 1. The van der Waals surface area contributed by atoms with Gasteiger partial charge in [-0.1, -0.05) is 36.1 Å². The Labute approximate surface area is 116 Å². The van der Waals surface area contributed by atoms with Crippen LogP contribution in [0.2, 0.25) is 0 Å². The van der Waals surface area contributed by atoms with Crippen molar-refractivity contribution in [2.75, 3.05) is 7.11 Å². The number of esters is 1. The lowest BCUT2D eigenvalue weighted by molar-refractivity contribution is -0.140. The quantitative estimate of drug-likeness (QED) is 0.315. The van der Waals surface area contributed by atoms with Gasteiger partial charge in [-0.05, 0) is 50.2 Å². The zero-order chi connectivity index (χ0) is 14.2. The molecule has 0 aromatic heterocycles. The lowest BCUT2D eigenvalue weighted by Crippen LogP contribution is -1.98. The van der Waals surface area contributed by atoms with Crippen molar-refractivity contribution in [1.82, 2.24) is 0 Å². The second kappa shape index (κ2) is 13.9. The zero-order valence-corrected chi connectivity index (χ0v) is 11.6. The highest BCUT2D eigenvalue weighted by molar-refractivity contribution is 5.68. The van der Waals surface area contributed by atoms with E-state index < -0.39 is 0 Å². The van der Waals surface area contributed by atoms with Crippen molar-refractivity contribution in [3.63, 3.8) is 0 Å².